The number of aryl methyl sites for hydroxylation is 2. The minimum Gasteiger partial charge on any atom is -0.508 e. The van der Waals surface area contributed by atoms with Gasteiger partial charge < -0.3 is 5.11 Å². The Hall–Kier alpha value is -2.28. The molecule has 0 unspecified atom stereocenters. The number of phenols is 1. The van der Waals surface area contributed by atoms with E-state index in [-0.39, 0.29) is 5.41 Å². The predicted octanol–water partition coefficient (Wildman–Crippen LogP) is 6.00. The summed E-state index contributed by atoms with van der Waals surface area (Å²) in [5.41, 5.74) is 4.86. The average Bonchev–Trinajstić information content (AvgIpc) is 2.60. The van der Waals surface area contributed by atoms with Gasteiger partial charge in [-0.1, -0.05) is 76.2 Å². The molecule has 0 fully saturated rings. The Kier molecular flexibility index (Phi) is 4.36. The molecule has 0 aromatic heterocycles. The highest BCUT2D eigenvalue weighted by Gasteiger charge is 2.31. The maximum absolute atomic E-state index is 10.7. The number of rotatable bonds is 4. The van der Waals surface area contributed by atoms with E-state index in [4.69, 9.17) is 0 Å². The number of hydrogen-bond acceptors (Lipinski definition) is 1. The molecule has 0 saturated carbocycles. The lowest BCUT2D eigenvalue weighted by atomic mass is 9.71. The second kappa shape index (κ2) is 6.32. The Morgan fingerprint density at radius 3 is 2.00 bits per heavy atom. The number of phenolic OH excluding ortho intramolecular Hbond substituents is 1. The molecule has 0 bridgehead atoms. The molecule has 0 spiro atoms. The highest BCUT2D eigenvalue weighted by Crippen LogP contribution is 2.43. The van der Waals surface area contributed by atoms with Crippen LogP contribution in [0.15, 0.2) is 54.6 Å². The summed E-state index contributed by atoms with van der Waals surface area (Å²) in [6, 6.07) is 18.8. The van der Waals surface area contributed by atoms with Crippen LogP contribution in [0.1, 0.15) is 49.9 Å². The van der Waals surface area contributed by atoms with Crippen LogP contribution < -0.4 is 0 Å². The summed E-state index contributed by atoms with van der Waals surface area (Å²) >= 11 is 0. The SMILES string of the molecule is CCc1cccc(CC)c1C(C)(C)c1c(O)ccc2ccccc12. The first-order chi connectivity index (χ1) is 11.5. The molecule has 0 radical (unpaired) electrons. The molecule has 0 saturated heterocycles. The van der Waals surface area contributed by atoms with E-state index >= 15 is 0 Å². The third kappa shape index (κ3) is 2.58. The van der Waals surface area contributed by atoms with Gasteiger partial charge in [-0.3, -0.25) is 0 Å². The molecule has 0 aliphatic heterocycles. The third-order valence-electron chi connectivity index (χ3n) is 5.16. The summed E-state index contributed by atoms with van der Waals surface area (Å²) in [6.45, 7) is 8.89. The molecule has 1 nitrogen and oxygen atoms in total. The molecule has 3 aromatic carbocycles. The van der Waals surface area contributed by atoms with Gasteiger partial charge in [0.15, 0.2) is 0 Å². The number of hydrogen-bond donors (Lipinski definition) is 1. The van der Waals surface area contributed by atoms with Crippen LogP contribution in [0, 0.1) is 0 Å². The topological polar surface area (TPSA) is 20.2 Å². The van der Waals surface area contributed by atoms with Crippen LogP contribution in [0.3, 0.4) is 0 Å². The lowest BCUT2D eigenvalue weighted by Gasteiger charge is -2.32. The smallest absolute Gasteiger partial charge is 0.120 e. The fraction of sp³-hybridized carbons (Fsp3) is 0.304. The van der Waals surface area contributed by atoms with E-state index in [9.17, 15) is 5.11 Å². The maximum Gasteiger partial charge on any atom is 0.120 e. The van der Waals surface area contributed by atoms with Crippen molar-refractivity contribution < 1.29 is 5.11 Å². The first-order valence-corrected chi connectivity index (χ1v) is 8.83. The molecule has 0 aliphatic rings. The molecule has 0 aliphatic carbocycles. The van der Waals surface area contributed by atoms with Gasteiger partial charge in [0, 0.05) is 11.0 Å². The Morgan fingerprint density at radius 1 is 0.750 bits per heavy atom. The number of fused-ring (bicyclic) bond motifs is 1. The highest BCUT2D eigenvalue weighted by atomic mass is 16.3. The van der Waals surface area contributed by atoms with Gasteiger partial charge in [0.05, 0.1) is 0 Å². The molecular formula is C23H26O. The van der Waals surface area contributed by atoms with Gasteiger partial charge in [-0.25, -0.2) is 0 Å². The normalized spacial score (nSPS) is 11.8. The molecular weight excluding hydrogens is 292 g/mol. The van der Waals surface area contributed by atoms with E-state index in [0.29, 0.717) is 5.75 Å². The van der Waals surface area contributed by atoms with E-state index < -0.39 is 0 Å². The largest absolute Gasteiger partial charge is 0.508 e. The van der Waals surface area contributed by atoms with Crippen molar-refractivity contribution in [3.05, 3.63) is 76.9 Å². The molecule has 3 aromatic rings. The summed E-state index contributed by atoms with van der Waals surface area (Å²) < 4.78 is 0. The van der Waals surface area contributed by atoms with Crippen molar-refractivity contribution in [3.63, 3.8) is 0 Å². The van der Waals surface area contributed by atoms with E-state index in [0.717, 1.165) is 23.8 Å². The molecule has 0 atom stereocenters. The van der Waals surface area contributed by atoms with Gasteiger partial charge >= 0.3 is 0 Å². The zero-order valence-electron chi connectivity index (χ0n) is 15.1. The first kappa shape index (κ1) is 16.6. The van der Waals surface area contributed by atoms with E-state index in [2.05, 4.69) is 58.0 Å². The maximum atomic E-state index is 10.7. The zero-order chi connectivity index (χ0) is 17.3. The fourth-order valence-corrected chi connectivity index (χ4v) is 4.09. The minimum atomic E-state index is -0.261. The molecule has 0 amide bonds. The number of benzene rings is 3. The third-order valence-corrected chi connectivity index (χ3v) is 5.16. The second-order valence-electron chi connectivity index (χ2n) is 6.96. The summed E-state index contributed by atoms with van der Waals surface area (Å²) in [7, 11) is 0. The summed E-state index contributed by atoms with van der Waals surface area (Å²) in [5, 5.41) is 13.0. The Balaban J connectivity index is 2.36. The predicted molar refractivity (Wildman–Crippen MR) is 103 cm³/mol. The van der Waals surface area contributed by atoms with Gasteiger partial charge in [0.1, 0.15) is 5.75 Å². The standard InChI is InChI=1S/C23H26O/c1-5-16-11-9-12-17(6-2)21(16)23(3,4)22-19-13-8-7-10-18(19)14-15-20(22)24/h7-15,24H,5-6H2,1-4H3. The van der Waals surface area contributed by atoms with Gasteiger partial charge in [-0.2, -0.15) is 0 Å². The van der Waals surface area contributed by atoms with Crippen LogP contribution in [0.4, 0.5) is 0 Å². The van der Waals surface area contributed by atoms with Crippen molar-refractivity contribution in [1.82, 2.24) is 0 Å². The number of aromatic hydroxyl groups is 1. The monoisotopic (exact) mass is 318 g/mol. The summed E-state index contributed by atoms with van der Waals surface area (Å²) in [5.74, 6) is 0.381. The lowest BCUT2D eigenvalue weighted by molar-refractivity contribution is 0.454. The summed E-state index contributed by atoms with van der Waals surface area (Å²) in [4.78, 5) is 0. The van der Waals surface area contributed by atoms with Crippen molar-refractivity contribution in [2.45, 2.75) is 46.0 Å². The van der Waals surface area contributed by atoms with E-state index in [1.807, 2.05) is 24.3 Å². The molecule has 1 heteroatoms. The van der Waals surface area contributed by atoms with Gasteiger partial charge in [0.25, 0.3) is 0 Å². The molecule has 3 rings (SSSR count). The molecule has 24 heavy (non-hydrogen) atoms. The van der Waals surface area contributed by atoms with Crippen LogP contribution in [-0.2, 0) is 18.3 Å². The Morgan fingerprint density at radius 2 is 1.38 bits per heavy atom. The Bertz CT molecular complexity index is 852. The first-order valence-electron chi connectivity index (χ1n) is 8.83. The quantitative estimate of drug-likeness (QED) is 0.626. The van der Waals surface area contributed by atoms with Crippen molar-refractivity contribution in [2.75, 3.05) is 0 Å². The van der Waals surface area contributed by atoms with E-state index in [1.165, 1.54) is 22.1 Å². The summed E-state index contributed by atoms with van der Waals surface area (Å²) in [6.07, 6.45) is 2.00. The minimum absolute atomic E-state index is 0.261. The van der Waals surface area contributed by atoms with Crippen LogP contribution >= 0.6 is 0 Å². The van der Waals surface area contributed by atoms with Crippen molar-refractivity contribution in [2.24, 2.45) is 0 Å². The van der Waals surface area contributed by atoms with Crippen molar-refractivity contribution >= 4 is 10.8 Å². The van der Waals surface area contributed by atoms with Crippen LogP contribution in [-0.4, -0.2) is 5.11 Å². The lowest BCUT2D eigenvalue weighted by Crippen LogP contribution is -2.23. The Labute approximate surface area is 145 Å². The average molecular weight is 318 g/mol. The van der Waals surface area contributed by atoms with Crippen molar-refractivity contribution in [3.8, 4) is 5.75 Å². The van der Waals surface area contributed by atoms with Crippen LogP contribution in [0.2, 0.25) is 0 Å². The molecule has 124 valence electrons. The molecule has 1 N–H and O–H groups in total. The fourth-order valence-electron chi connectivity index (χ4n) is 4.09. The van der Waals surface area contributed by atoms with Crippen LogP contribution in [0.5, 0.6) is 5.75 Å². The molecule has 0 heterocycles. The van der Waals surface area contributed by atoms with Gasteiger partial charge in [-0.15, -0.1) is 0 Å². The highest BCUT2D eigenvalue weighted by molar-refractivity contribution is 5.89. The van der Waals surface area contributed by atoms with Gasteiger partial charge in [0.2, 0.25) is 0 Å². The zero-order valence-corrected chi connectivity index (χ0v) is 15.1. The second-order valence-corrected chi connectivity index (χ2v) is 6.96. The van der Waals surface area contributed by atoms with E-state index in [1.54, 1.807) is 0 Å². The van der Waals surface area contributed by atoms with Gasteiger partial charge in [-0.05, 0) is 46.4 Å². The van der Waals surface area contributed by atoms with Crippen molar-refractivity contribution in [1.29, 1.82) is 0 Å². The van der Waals surface area contributed by atoms with Crippen LogP contribution in [0.25, 0.3) is 10.8 Å².